The molecule has 0 aliphatic carbocycles. The summed E-state index contributed by atoms with van der Waals surface area (Å²) < 4.78 is 23.4. The van der Waals surface area contributed by atoms with E-state index >= 15 is 0 Å². The van der Waals surface area contributed by atoms with Crippen LogP contribution in [0.4, 0.5) is 0 Å². The molecule has 0 radical (unpaired) electrons. The molecule has 1 atom stereocenters. The topological polar surface area (TPSA) is 46.2 Å². The third-order valence-electron chi connectivity index (χ3n) is 3.77. The average molecular weight is 251 g/mol. The molecule has 0 spiro atoms. The molecule has 1 N–H and O–H groups in total. The van der Waals surface area contributed by atoms with E-state index in [2.05, 4.69) is 11.4 Å². The van der Waals surface area contributed by atoms with Crippen LogP contribution in [0.1, 0.15) is 36.4 Å². The first-order valence-electron chi connectivity index (χ1n) is 6.26. The van der Waals surface area contributed by atoms with Crippen molar-refractivity contribution in [1.82, 2.24) is 5.32 Å². The van der Waals surface area contributed by atoms with E-state index < -0.39 is 9.84 Å². The lowest BCUT2D eigenvalue weighted by Crippen LogP contribution is -2.26. The maximum atomic E-state index is 11.7. The van der Waals surface area contributed by atoms with Gasteiger partial charge in [-0.1, -0.05) is 18.6 Å². The standard InChI is InChI=1S/C13H17NO2S/c15-17(16)8-6-11-9-10(4-5-13(11)17)12-3-1-2-7-14-12/h4-5,9,12,14H,1-3,6-8H2. The van der Waals surface area contributed by atoms with Crippen molar-refractivity contribution < 1.29 is 8.42 Å². The van der Waals surface area contributed by atoms with Crippen LogP contribution >= 0.6 is 0 Å². The van der Waals surface area contributed by atoms with Crippen LogP contribution in [0.5, 0.6) is 0 Å². The Hall–Kier alpha value is -0.870. The molecule has 4 heteroatoms. The summed E-state index contributed by atoms with van der Waals surface area (Å²) >= 11 is 0. The number of benzene rings is 1. The van der Waals surface area contributed by atoms with Crippen LogP contribution in [0.2, 0.25) is 0 Å². The fraction of sp³-hybridized carbons (Fsp3) is 0.538. The highest BCUT2D eigenvalue weighted by Gasteiger charge is 2.27. The van der Waals surface area contributed by atoms with Crippen LogP contribution in [0.25, 0.3) is 0 Å². The second-order valence-electron chi connectivity index (χ2n) is 4.94. The van der Waals surface area contributed by atoms with E-state index in [4.69, 9.17) is 0 Å². The minimum Gasteiger partial charge on any atom is -0.310 e. The molecule has 17 heavy (non-hydrogen) atoms. The van der Waals surface area contributed by atoms with Gasteiger partial charge < -0.3 is 5.32 Å². The number of rotatable bonds is 1. The van der Waals surface area contributed by atoms with Gasteiger partial charge in [0.1, 0.15) is 0 Å². The van der Waals surface area contributed by atoms with Crippen molar-refractivity contribution in [3.05, 3.63) is 29.3 Å². The smallest absolute Gasteiger partial charge is 0.178 e. The predicted molar refractivity (Wildman–Crippen MR) is 66.8 cm³/mol. The predicted octanol–water partition coefficient (Wildman–Crippen LogP) is 1.83. The maximum absolute atomic E-state index is 11.7. The third-order valence-corrected chi connectivity index (χ3v) is 5.58. The maximum Gasteiger partial charge on any atom is 0.178 e. The molecule has 0 amide bonds. The van der Waals surface area contributed by atoms with Gasteiger partial charge in [0, 0.05) is 6.04 Å². The lowest BCUT2D eigenvalue weighted by atomic mass is 9.96. The number of hydrogen-bond acceptors (Lipinski definition) is 3. The van der Waals surface area contributed by atoms with Gasteiger partial charge in [-0.3, -0.25) is 0 Å². The van der Waals surface area contributed by atoms with E-state index in [0.717, 1.165) is 18.5 Å². The second kappa shape index (κ2) is 4.10. The number of sulfone groups is 1. The Morgan fingerprint density at radius 1 is 1.24 bits per heavy atom. The highest BCUT2D eigenvalue weighted by atomic mass is 32.2. The quantitative estimate of drug-likeness (QED) is 0.828. The van der Waals surface area contributed by atoms with Crippen LogP contribution in [0, 0.1) is 0 Å². The summed E-state index contributed by atoms with van der Waals surface area (Å²) in [4.78, 5) is 0.553. The van der Waals surface area contributed by atoms with Gasteiger partial charge in [-0.15, -0.1) is 0 Å². The molecule has 2 heterocycles. The van der Waals surface area contributed by atoms with Crippen LogP contribution < -0.4 is 5.32 Å². The Morgan fingerprint density at radius 3 is 2.88 bits per heavy atom. The molecule has 0 bridgehead atoms. The first-order chi connectivity index (χ1) is 8.17. The van der Waals surface area contributed by atoms with E-state index in [1.54, 1.807) is 6.07 Å². The summed E-state index contributed by atoms with van der Waals surface area (Å²) in [5.41, 5.74) is 2.26. The zero-order valence-electron chi connectivity index (χ0n) is 9.78. The summed E-state index contributed by atoms with van der Waals surface area (Å²) in [6.45, 7) is 1.07. The van der Waals surface area contributed by atoms with Crippen LogP contribution in [-0.2, 0) is 16.3 Å². The lowest BCUT2D eigenvalue weighted by molar-refractivity contribution is 0.412. The van der Waals surface area contributed by atoms with Gasteiger partial charge in [-0.05, 0) is 43.0 Å². The number of fused-ring (bicyclic) bond motifs is 1. The fourth-order valence-corrected chi connectivity index (χ4v) is 4.35. The van der Waals surface area contributed by atoms with Crippen molar-refractivity contribution in [1.29, 1.82) is 0 Å². The van der Waals surface area contributed by atoms with Crippen molar-refractivity contribution in [2.45, 2.75) is 36.6 Å². The largest absolute Gasteiger partial charge is 0.310 e. The van der Waals surface area contributed by atoms with E-state index in [0.29, 0.717) is 17.4 Å². The molecule has 3 rings (SSSR count). The Labute approximate surface area is 102 Å². The van der Waals surface area contributed by atoms with Gasteiger partial charge in [-0.25, -0.2) is 8.42 Å². The summed E-state index contributed by atoms with van der Waals surface area (Å²) in [5, 5.41) is 3.50. The molecular weight excluding hydrogens is 234 g/mol. The average Bonchev–Trinajstić information content (AvgIpc) is 2.66. The molecule has 0 aromatic heterocycles. The zero-order chi connectivity index (χ0) is 11.9. The molecular formula is C13H17NO2S. The SMILES string of the molecule is O=S1(=O)CCc2cc(C3CCCCN3)ccc21. The van der Waals surface area contributed by atoms with Crippen molar-refractivity contribution in [3.8, 4) is 0 Å². The van der Waals surface area contributed by atoms with E-state index in [9.17, 15) is 8.42 Å². The highest BCUT2D eigenvalue weighted by Crippen LogP contribution is 2.30. The molecule has 1 fully saturated rings. The highest BCUT2D eigenvalue weighted by molar-refractivity contribution is 7.91. The normalized spacial score (nSPS) is 26.7. The Balaban J connectivity index is 1.94. The minimum atomic E-state index is -2.97. The van der Waals surface area contributed by atoms with Gasteiger partial charge in [0.25, 0.3) is 0 Å². The third kappa shape index (κ3) is 2.00. The monoisotopic (exact) mass is 251 g/mol. The van der Waals surface area contributed by atoms with Crippen LogP contribution in [0.3, 0.4) is 0 Å². The number of hydrogen-bond donors (Lipinski definition) is 1. The van der Waals surface area contributed by atoms with Crippen LogP contribution in [0.15, 0.2) is 23.1 Å². The van der Waals surface area contributed by atoms with Crippen molar-refractivity contribution >= 4 is 9.84 Å². The van der Waals surface area contributed by atoms with Crippen molar-refractivity contribution in [2.75, 3.05) is 12.3 Å². The van der Waals surface area contributed by atoms with Gasteiger partial charge in [0.2, 0.25) is 0 Å². The zero-order valence-corrected chi connectivity index (χ0v) is 10.6. The fourth-order valence-electron chi connectivity index (χ4n) is 2.81. The van der Waals surface area contributed by atoms with Crippen molar-refractivity contribution in [2.24, 2.45) is 0 Å². The van der Waals surface area contributed by atoms with E-state index in [1.807, 2.05) is 6.07 Å². The summed E-state index contributed by atoms with van der Waals surface area (Å²) in [5.74, 6) is 0.282. The van der Waals surface area contributed by atoms with Gasteiger partial charge in [0.05, 0.1) is 10.6 Å². The second-order valence-corrected chi connectivity index (χ2v) is 7.02. The summed E-state index contributed by atoms with van der Waals surface area (Å²) in [7, 11) is -2.97. The Kier molecular flexibility index (Phi) is 2.71. The van der Waals surface area contributed by atoms with Gasteiger partial charge in [0.15, 0.2) is 9.84 Å². The van der Waals surface area contributed by atoms with E-state index in [-0.39, 0.29) is 5.75 Å². The molecule has 2 aliphatic heterocycles. The molecule has 1 saturated heterocycles. The van der Waals surface area contributed by atoms with E-state index in [1.165, 1.54) is 18.4 Å². The number of aryl methyl sites for hydroxylation is 1. The lowest BCUT2D eigenvalue weighted by Gasteiger charge is -2.24. The Morgan fingerprint density at radius 2 is 2.12 bits per heavy atom. The summed E-state index contributed by atoms with van der Waals surface area (Å²) in [6, 6.07) is 6.27. The van der Waals surface area contributed by atoms with Crippen LogP contribution in [-0.4, -0.2) is 20.7 Å². The first kappa shape index (κ1) is 11.2. The molecule has 1 aromatic carbocycles. The minimum absolute atomic E-state index is 0.282. The molecule has 2 aliphatic rings. The van der Waals surface area contributed by atoms with Gasteiger partial charge >= 0.3 is 0 Å². The number of piperidine rings is 1. The first-order valence-corrected chi connectivity index (χ1v) is 7.91. The summed E-state index contributed by atoms with van der Waals surface area (Å²) in [6.07, 6.45) is 4.34. The molecule has 1 aromatic rings. The number of nitrogens with one attached hydrogen (secondary N) is 1. The van der Waals surface area contributed by atoms with Gasteiger partial charge in [-0.2, -0.15) is 0 Å². The van der Waals surface area contributed by atoms with Crippen molar-refractivity contribution in [3.63, 3.8) is 0 Å². The molecule has 0 saturated carbocycles. The molecule has 3 nitrogen and oxygen atoms in total. The molecule has 1 unspecified atom stereocenters. The Bertz CT molecular complexity index is 530. The molecule has 92 valence electrons.